The lowest BCUT2D eigenvalue weighted by molar-refractivity contribution is 0.275. The van der Waals surface area contributed by atoms with Gasteiger partial charge in [-0.1, -0.05) is 53.1 Å². The number of rotatable bonds is 0. The van der Waals surface area contributed by atoms with E-state index in [9.17, 15) is 0 Å². The summed E-state index contributed by atoms with van der Waals surface area (Å²) in [5, 5.41) is 26.3. The van der Waals surface area contributed by atoms with E-state index in [-0.39, 0.29) is 0 Å². The minimum Gasteiger partial charge on any atom is -0.508 e. The third kappa shape index (κ3) is 18.3. The van der Waals surface area contributed by atoms with E-state index in [2.05, 4.69) is 0 Å². The van der Waals surface area contributed by atoms with Crippen molar-refractivity contribution in [3.8, 4) is 17.2 Å². The zero-order valence-corrected chi connectivity index (χ0v) is 17.4. The first-order valence-electron chi connectivity index (χ1n) is 8.42. The summed E-state index contributed by atoms with van der Waals surface area (Å²) < 4.78 is 8.88. The largest absolute Gasteiger partial charge is 0.508 e. The second-order valence-corrected chi connectivity index (χ2v) is 7.05. The molecule has 6 N–H and O–H groups in total. The van der Waals surface area contributed by atoms with Gasteiger partial charge < -0.3 is 30.0 Å². The van der Waals surface area contributed by atoms with Crippen LogP contribution < -0.4 is 0 Å². The highest BCUT2D eigenvalue weighted by Crippen LogP contribution is 2.25. The van der Waals surface area contributed by atoms with Gasteiger partial charge in [0.1, 0.15) is 17.2 Å². The molecule has 0 bridgehead atoms. The molecule has 0 spiro atoms. The average molecular weight is 422 g/mol. The second-order valence-electron chi connectivity index (χ2n) is 6.02. The standard InChI is InChI=1S/3C7H8O.H3O4P/c3*1-6-2-4-7(8)5-3-6;1-5(2,3)4/h3*2-5,8H,1H3;(H3,1,2,3,4). The maximum absolute atomic E-state index is 8.88. The lowest BCUT2D eigenvalue weighted by Crippen LogP contribution is -1.66. The molecule has 7 nitrogen and oxygen atoms in total. The molecule has 0 saturated heterocycles. The van der Waals surface area contributed by atoms with Crippen LogP contribution in [0.1, 0.15) is 16.7 Å². The van der Waals surface area contributed by atoms with Crippen LogP contribution >= 0.6 is 7.82 Å². The molecule has 0 radical (unpaired) electrons. The van der Waals surface area contributed by atoms with Crippen LogP contribution in [0.4, 0.5) is 0 Å². The monoisotopic (exact) mass is 422 g/mol. The molecule has 0 unspecified atom stereocenters. The van der Waals surface area contributed by atoms with Gasteiger partial charge in [0.15, 0.2) is 0 Å². The number of phenols is 3. The van der Waals surface area contributed by atoms with E-state index >= 15 is 0 Å². The van der Waals surface area contributed by atoms with Crippen molar-refractivity contribution in [1.82, 2.24) is 0 Å². The topological polar surface area (TPSA) is 138 Å². The zero-order chi connectivity index (χ0) is 22.4. The fourth-order valence-corrected chi connectivity index (χ4v) is 1.63. The molecular weight excluding hydrogens is 395 g/mol. The third-order valence-electron chi connectivity index (χ3n) is 3.10. The van der Waals surface area contributed by atoms with Crippen molar-refractivity contribution in [3.63, 3.8) is 0 Å². The first-order valence-corrected chi connectivity index (χ1v) is 9.98. The second kappa shape index (κ2) is 13.4. The van der Waals surface area contributed by atoms with Crippen molar-refractivity contribution < 1.29 is 34.6 Å². The molecule has 0 aliphatic heterocycles. The first kappa shape index (κ1) is 26.2. The maximum atomic E-state index is 8.88. The summed E-state index contributed by atoms with van der Waals surface area (Å²) in [4.78, 5) is 21.6. The van der Waals surface area contributed by atoms with Gasteiger partial charge in [-0.3, -0.25) is 0 Å². The number of hydrogen-bond acceptors (Lipinski definition) is 4. The fourth-order valence-electron chi connectivity index (χ4n) is 1.63. The highest BCUT2D eigenvalue weighted by atomic mass is 31.2. The highest BCUT2D eigenvalue weighted by Gasteiger charge is 2.00. The number of aromatic hydroxyl groups is 3. The number of aryl methyl sites for hydroxylation is 3. The molecule has 3 aromatic rings. The van der Waals surface area contributed by atoms with Crippen LogP contribution in [0.3, 0.4) is 0 Å². The van der Waals surface area contributed by atoms with Gasteiger partial charge in [0.05, 0.1) is 0 Å². The van der Waals surface area contributed by atoms with E-state index < -0.39 is 7.82 Å². The molecule has 158 valence electrons. The Kier molecular flexibility index (Phi) is 12.1. The van der Waals surface area contributed by atoms with Crippen LogP contribution in [0, 0.1) is 20.8 Å². The Morgan fingerprint density at radius 2 is 0.621 bits per heavy atom. The third-order valence-corrected chi connectivity index (χ3v) is 3.10. The smallest absolute Gasteiger partial charge is 0.466 e. The predicted molar refractivity (Wildman–Crippen MR) is 113 cm³/mol. The van der Waals surface area contributed by atoms with Crippen LogP contribution in [0.15, 0.2) is 72.8 Å². The molecule has 0 saturated carbocycles. The number of benzene rings is 3. The van der Waals surface area contributed by atoms with Gasteiger partial charge in [-0.05, 0) is 57.2 Å². The number of phosphoric acid groups is 1. The van der Waals surface area contributed by atoms with Crippen LogP contribution in [-0.4, -0.2) is 30.0 Å². The minimum absolute atomic E-state index is 0.329. The van der Waals surface area contributed by atoms with Crippen molar-refractivity contribution in [2.75, 3.05) is 0 Å². The Morgan fingerprint density at radius 1 is 0.483 bits per heavy atom. The molecule has 0 amide bonds. The van der Waals surface area contributed by atoms with Gasteiger partial charge in [0, 0.05) is 0 Å². The van der Waals surface area contributed by atoms with E-state index in [0.29, 0.717) is 17.2 Å². The van der Waals surface area contributed by atoms with Crippen LogP contribution in [0.25, 0.3) is 0 Å². The zero-order valence-electron chi connectivity index (χ0n) is 16.5. The van der Waals surface area contributed by atoms with E-state index in [0.717, 1.165) is 0 Å². The summed E-state index contributed by atoms with van der Waals surface area (Å²) in [6.45, 7) is 5.96. The van der Waals surface area contributed by atoms with Crippen LogP contribution in [-0.2, 0) is 4.57 Å². The first-order chi connectivity index (χ1) is 13.4. The Labute approximate surface area is 170 Å². The molecule has 3 rings (SSSR count). The lowest BCUT2D eigenvalue weighted by Gasteiger charge is -1.89. The highest BCUT2D eigenvalue weighted by molar-refractivity contribution is 7.45. The van der Waals surface area contributed by atoms with Gasteiger partial charge in [-0.25, -0.2) is 4.57 Å². The van der Waals surface area contributed by atoms with E-state index in [1.807, 2.05) is 57.2 Å². The minimum atomic E-state index is -4.64. The Bertz CT molecular complexity index is 680. The summed E-state index contributed by atoms with van der Waals surface area (Å²) in [6.07, 6.45) is 0. The molecular formula is C21H27O7P. The Hall–Kier alpha value is -2.83. The SMILES string of the molecule is Cc1ccc(O)cc1.Cc1ccc(O)cc1.Cc1ccc(O)cc1.O=P(O)(O)O. The van der Waals surface area contributed by atoms with Gasteiger partial charge in [0.25, 0.3) is 0 Å². The molecule has 3 aromatic carbocycles. The van der Waals surface area contributed by atoms with Gasteiger partial charge in [0.2, 0.25) is 0 Å². The molecule has 0 atom stereocenters. The molecule has 29 heavy (non-hydrogen) atoms. The van der Waals surface area contributed by atoms with Crippen LogP contribution in [0.2, 0.25) is 0 Å². The van der Waals surface area contributed by atoms with Crippen molar-refractivity contribution >= 4 is 7.82 Å². The van der Waals surface area contributed by atoms with Crippen molar-refractivity contribution in [3.05, 3.63) is 89.5 Å². The predicted octanol–water partition coefficient (Wildman–Crippen LogP) is 4.17. The summed E-state index contributed by atoms with van der Waals surface area (Å²) in [5.74, 6) is 0.988. The summed E-state index contributed by atoms with van der Waals surface area (Å²) in [7, 11) is -4.64. The Morgan fingerprint density at radius 3 is 0.724 bits per heavy atom. The van der Waals surface area contributed by atoms with Crippen molar-refractivity contribution in [2.24, 2.45) is 0 Å². The molecule has 0 aromatic heterocycles. The Balaban J connectivity index is 0.000000367. The molecule has 0 aliphatic rings. The van der Waals surface area contributed by atoms with Crippen LogP contribution in [0.5, 0.6) is 17.2 Å². The van der Waals surface area contributed by atoms with Crippen molar-refractivity contribution in [2.45, 2.75) is 20.8 Å². The summed E-state index contributed by atoms with van der Waals surface area (Å²) >= 11 is 0. The van der Waals surface area contributed by atoms with E-state index in [4.69, 9.17) is 34.6 Å². The molecule has 0 fully saturated rings. The summed E-state index contributed by atoms with van der Waals surface area (Å²) in [6, 6.07) is 21.3. The van der Waals surface area contributed by atoms with E-state index in [1.54, 1.807) is 36.4 Å². The lowest BCUT2D eigenvalue weighted by atomic mass is 10.2. The molecule has 0 aliphatic carbocycles. The van der Waals surface area contributed by atoms with Crippen molar-refractivity contribution in [1.29, 1.82) is 0 Å². The average Bonchev–Trinajstić information content (AvgIpc) is 2.62. The van der Waals surface area contributed by atoms with Gasteiger partial charge >= 0.3 is 7.82 Å². The number of phenolic OH excluding ortho intramolecular Hbond substituents is 3. The quantitative estimate of drug-likeness (QED) is 0.299. The molecule has 0 heterocycles. The maximum Gasteiger partial charge on any atom is 0.466 e. The van der Waals surface area contributed by atoms with Gasteiger partial charge in [-0.2, -0.15) is 0 Å². The van der Waals surface area contributed by atoms with E-state index in [1.165, 1.54) is 16.7 Å². The normalized spacial score (nSPS) is 9.59. The summed E-state index contributed by atoms with van der Waals surface area (Å²) in [5.41, 5.74) is 3.51. The van der Waals surface area contributed by atoms with Gasteiger partial charge in [-0.15, -0.1) is 0 Å². The fraction of sp³-hybridized carbons (Fsp3) is 0.143. The number of hydrogen-bond donors (Lipinski definition) is 6. The molecule has 8 heteroatoms.